The van der Waals surface area contributed by atoms with Gasteiger partial charge in [0.2, 0.25) is 0 Å². The van der Waals surface area contributed by atoms with Crippen LogP contribution in [0.25, 0.3) is 0 Å². The summed E-state index contributed by atoms with van der Waals surface area (Å²) in [4.78, 5) is 9.93. The Morgan fingerprint density at radius 2 is 2.08 bits per heavy atom. The van der Waals surface area contributed by atoms with E-state index in [0.29, 0.717) is 6.61 Å². The quantitative estimate of drug-likeness (QED) is 0.372. The summed E-state index contributed by atoms with van der Waals surface area (Å²) in [5, 5.41) is 0. The fourth-order valence-electron chi connectivity index (χ4n) is 0.548. The smallest absolute Gasteiger partial charge is 0.330 e. The minimum atomic E-state index is -0.589. The van der Waals surface area contributed by atoms with Crippen LogP contribution in [0, 0.1) is 0 Å². The summed E-state index contributed by atoms with van der Waals surface area (Å²) >= 11 is 0. The standard InChI is InChI=1S/C4H12O2Si.C4H4O2/c1-3-5-7-6-4-2;5-4-2-1-3-6-4/h3-4,7H2,1-2H3;1-2H,3H2. The third-order valence-electron chi connectivity index (χ3n) is 1.15. The monoisotopic (exact) mass is 204 g/mol. The number of hydrogen-bond acceptors (Lipinski definition) is 4. The van der Waals surface area contributed by atoms with Gasteiger partial charge in [0.05, 0.1) is 0 Å². The Balaban J connectivity index is 0.000000223. The molecule has 0 aromatic rings. The fraction of sp³-hybridized carbons (Fsp3) is 0.625. The van der Waals surface area contributed by atoms with Gasteiger partial charge < -0.3 is 13.6 Å². The van der Waals surface area contributed by atoms with Crippen LogP contribution in [0.2, 0.25) is 0 Å². The van der Waals surface area contributed by atoms with Crippen LogP contribution in [-0.2, 0) is 18.4 Å². The van der Waals surface area contributed by atoms with Gasteiger partial charge in [0.25, 0.3) is 0 Å². The predicted molar refractivity (Wildman–Crippen MR) is 51.9 cm³/mol. The van der Waals surface area contributed by atoms with E-state index in [9.17, 15) is 4.79 Å². The van der Waals surface area contributed by atoms with Crippen molar-refractivity contribution in [1.29, 1.82) is 0 Å². The molecule has 1 heterocycles. The molecule has 0 spiro atoms. The van der Waals surface area contributed by atoms with E-state index in [1.54, 1.807) is 6.08 Å². The fourth-order valence-corrected chi connectivity index (χ4v) is 0.999. The Bertz CT molecular complexity index is 154. The maximum absolute atomic E-state index is 9.93. The Morgan fingerprint density at radius 3 is 2.31 bits per heavy atom. The van der Waals surface area contributed by atoms with Crippen LogP contribution in [-0.4, -0.2) is 35.8 Å². The lowest BCUT2D eigenvalue weighted by Crippen LogP contribution is -2.02. The molecule has 0 aromatic heterocycles. The highest BCUT2D eigenvalue weighted by Gasteiger charge is 1.98. The molecule has 1 rings (SSSR count). The lowest BCUT2D eigenvalue weighted by Gasteiger charge is -1.96. The molecule has 0 aliphatic carbocycles. The Kier molecular flexibility index (Phi) is 8.96. The second kappa shape index (κ2) is 9.44. The number of rotatable bonds is 4. The van der Waals surface area contributed by atoms with Crippen LogP contribution in [0.1, 0.15) is 13.8 Å². The third-order valence-corrected chi connectivity index (χ3v) is 2.30. The van der Waals surface area contributed by atoms with Gasteiger partial charge in [-0.2, -0.15) is 0 Å². The lowest BCUT2D eigenvalue weighted by atomic mass is 10.6. The summed E-state index contributed by atoms with van der Waals surface area (Å²) in [7, 11) is -0.589. The second-order valence-electron chi connectivity index (χ2n) is 2.14. The van der Waals surface area contributed by atoms with E-state index in [2.05, 4.69) is 4.74 Å². The van der Waals surface area contributed by atoms with Crippen LogP contribution in [0.3, 0.4) is 0 Å². The molecule has 5 heteroatoms. The number of ether oxygens (including phenoxy) is 1. The van der Waals surface area contributed by atoms with Crippen LogP contribution in [0.5, 0.6) is 0 Å². The normalized spacial score (nSPS) is 13.5. The van der Waals surface area contributed by atoms with Crippen molar-refractivity contribution in [2.45, 2.75) is 13.8 Å². The predicted octanol–water partition coefficient (Wildman–Crippen LogP) is 0.158. The topological polar surface area (TPSA) is 44.8 Å². The van der Waals surface area contributed by atoms with Crippen LogP contribution in [0.15, 0.2) is 12.2 Å². The highest BCUT2D eigenvalue weighted by molar-refractivity contribution is 6.17. The van der Waals surface area contributed by atoms with Gasteiger partial charge in [-0.05, 0) is 19.9 Å². The molecule has 0 atom stereocenters. The van der Waals surface area contributed by atoms with Crippen molar-refractivity contribution in [3.8, 4) is 0 Å². The molecule has 0 saturated heterocycles. The zero-order valence-corrected chi connectivity index (χ0v) is 9.53. The molecule has 1 aliphatic heterocycles. The van der Waals surface area contributed by atoms with Crippen molar-refractivity contribution in [2.24, 2.45) is 0 Å². The van der Waals surface area contributed by atoms with Gasteiger partial charge in [-0.25, -0.2) is 4.79 Å². The molecule has 13 heavy (non-hydrogen) atoms. The van der Waals surface area contributed by atoms with Crippen LogP contribution in [0.4, 0.5) is 0 Å². The van der Waals surface area contributed by atoms with E-state index in [0.717, 1.165) is 13.2 Å². The average Bonchev–Trinajstić information content (AvgIpc) is 2.58. The first-order valence-electron chi connectivity index (χ1n) is 4.30. The number of hydrogen-bond donors (Lipinski definition) is 0. The summed E-state index contributed by atoms with van der Waals surface area (Å²) in [6.45, 7) is 6.01. The van der Waals surface area contributed by atoms with Crippen molar-refractivity contribution in [3.05, 3.63) is 12.2 Å². The van der Waals surface area contributed by atoms with Gasteiger partial charge in [-0.15, -0.1) is 0 Å². The molecule has 0 aromatic carbocycles. The summed E-state index contributed by atoms with van der Waals surface area (Å²) in [6.07, 6.45) is 3.10. The van der Waals surface area contributed by atoms with Crippen LogP contribution < -0.4 is 0 Å². The maximum atomic E-state index is 9.93. The van der Waals surface area contributed by atoms with Gasteiger partial charge in [-0.3, -0.25) is 0 Å². The molecule has 0 radical (unpaired) electrons. The van der Waals surface area contributed by atoms with Crippen molar-refractivity contribution < 1.29 is 18.4 Å². The second-order valence-corrected chi connectivity index (χ2v) is 3.19. The van der Waals surface area contributed by atoms with Crippen molar-refractivity contribution >= 4 is 16.0 Å². The first-order chi connectivity index (χ1) is 6.31. The Labute approximate surface area is 80.9 Å². The van der Waals surface area contributed by atoms with E-state index >= 15 is 0 Å². The molecule has 1 aliphatic rings. The highest BCUT2D eigenvalue weighted by atomic mass is 28.3. The molecule has 0 amide bonds. The summed E-state index contributed by atoms with van der Waals surface area (Å²) in [5.41, 5.74) is 0. The molecule has 0 fully saturated rings. The number of carbonyl (C=O) groups excluding carboxylic acids is 1. The lowest BCUT2D eigenvalue weighted by molar-refractivity contribution is -0.134. The SMILES string of the molecule is CCO[SiH2]OCC.O=C1C=CCO1. The van der Waals surface area contributed by atoms with Crippen molar-refractivity contribution in [2.75, 3.05) is 19.8 Å². The first-order valence-corrected chi connectivity index (χ1v) is 5.45. The van der Waals surface area contributed by atoms with Crippen molar-refractivity contribution in [1.82, 2.24) is 0 Å². The summed E-state index contributed by atoms with van der Waals surface area (Å²) in [5.74, 6) is -0.227. The van der Waals surface area contributed by atoms with Gasteiger partial charge in [0.1, 0.15) is 6.61 Å². The third kappa shape index (κ3) is 9.26. The van der Waals surface area contributed by atoms with Gasteiger partial charge in [0.15, 0.2) is 0 Å². The minimum Gasteiger partial charge on any atom is -0.458 e. The highest BCUT2D eigenvalue weighted by Crippen LogP contribution is 1.89. The average molecular weight is 204 g/mol. The Hall–Kier alpha value is -0.653. The summed E-state index contributed by atoms with van der Waals surface area (Å²) in [6, 6.07) is 0. The molecule has 0 N–H and O–H groups in total. The number of cyclic esters (lactones) is 1. The zero-order valence-electron chi connectivity index (χ0n) is 8.12. The molecule has 0 saturated carbocycles. The van der Waals surface area contributed by atoms with E-state index in [1.807, 2.05) is 13.8 Å². The van der Waals surface area contributed by atoms with E-state index in [4.69, 9.17) is 8.85 Å². The first kappa shape index (κ1) is 12.3. The molecule has 0 bridgehead atoms. The van der Waals surface area contributed by atoms with E-state index in [1.165, 1.54) is 6.08 Å². The summed E-state index contributed by atoms with van der Waals surface area (Å²) < 4.78 is 14.4. The number of esters is 1. The van der Waals surface area contributed by atoms with Gasteiger partial charge >= 0.3 is 16.0 Å². The van der Waals surface area contributed by atoms with Gasteiger partial charge in [0, 0.05) is 19.3 Å². The van der Waals surface area contributed by atoms with Crippen molar-refractivity contribution in [3.63, 3.8) is 0 Å². The molecule has 76 valence electrons. The van der Waals surface area contributed by atoms with Crippen LogP contribution >= 0.6 is 0 Å². The molecular formula is C8H16O4Si. The molecule has 0 unspecified atom stereocenters. The minimum absolute atomic E-state index is 0.227. The largest absolute Gasteiger partial charge is 0.458 e. The molecular weight excluding hydrogens is 188 g/mol. The van der Waals surface area contributed by atoms with E-state index < -0.39 is 10.0 Å². The molecule has 4 nitrogen and oxygen atoms in total. The van der Waals surface area contributed by atoms with E-state index in [-0.39, 0.29) is 5.97 Å². The Morgan fingerprint density at radius 1 is 1.46 bits per heavy atom. The number of carbonyl (C=O) groups is 1. The zero-order chi connectivity index (χ0) is 9.94. The van der Waals surface area contributed by atoms with Gasteiger partial charge in [-0.1, -0.05) is 0 Å². The maximum Gasteiger partial charge on any atom is 0.330 e.